The minimum absolute atomic E-state index is 0.0751. The van der Waals surface area contributed by atoms with Crippen molar-refractivity contribution < 1.29 is 21.9 Å². The van der Waals surface area contributed by atoms with Gasteiger partial charge >= 0.3 is 0 Å². The Hall–Kier alpha value is -2.26. The lowest BCUT2D eigenvalue weighted by Gasteiger charge is -2.34. The second-order valence-electron chi connectivity index (χ2n) is 5.50. The highest BCUT2D eigenvalue weighted by atomic mass is 32.2. The molecule has 6 nitrogen and oxygen atoms in total. The van der Waals surface area contributed by atoms with Crippen LogP contribution in [0.2, 0.25) is 0 Å². The normalized spacial score (nSPS) is 16.0. The summed E-state index contributed by atoms with van der Waals surface area (Å²) >= 11 is 0. The number of hydrogen-bond donors (Lipinski definition) is 0. The van der Waals surface area contributed by atoms with Gasteiger partial charge in [0.15, 0.2) is 4.90 Å². The number of rotatable bonds is 4. The summed E-state index contributed by atoms with van der Waals surface area (Å²) in [7, 11) is -3.02. The van der Waals surface area contributed by atoms with Crippen LogP contribution in [0.25, 0.3) is 0 Å². The van der Waals surface area contributed by atoms with Crippen molar-refractivity contribution in [1.29, 1.82) is 0 Å². The minimum Gasteiger partial charge on any atom is -0.497 e. The average Bonchev–Trinajstić information content (AvgIpc) is 2.61. The lowest BCUT2D eigenvalue weighted by molar-refractivity contribution is 0.374. The molecule has 1 aromatic carbocycles. The Morgan fingerprint density at radius 3 is 2.24 bits per heavy atom. The molecule has 25 heavy (non-hydrogen) atoms. The van der Waals surface area contributed by atoms with Gasteiger partial charge in [-0.25, -0.2) is 22.2 Å². The first-order valence-corrected chi connectivity index (χ1v) is 9.06. The van der Waals surface area contributed by atoms with Gasteiger partial charge in [-0.05, 0) is 12.1 Å². The van der Waals surface area contributed by atoms with Gasteiger partial charge in [-0.3, -0.25) is 0 Å². The Labute approximate surface area is 144 Å². The van der Waals surface area contributed by atoms with Crippen LogP contribution in [-0.2, 0) is 10.0 Å². The molecule has 2 aromatic rings. The van der Waals surface area contributed by atoms with Crippen LogP contribution in [0.1, 0.15) is 0 Å². The average molecular weight is 369 g/mol. The zero-order valence-corrected chi connectivity index (χ0v) is 14.3. The Morgan fingerprint density at radius 2 is 1.72 bits per heavy atom. The highest BCUT2D eigenvalue weighted by Crippen LogP contribution is 2.28. The molecular weight excluding hydrogens is 352 g/mol. The number of sulfonamides is 1. The van der Waals surface area contributed by atoms with Crippen molar-refractivity contribution in [3.63, 3.8) is 0 Å². The number of anilines is 1. The Bertz CT molecular complexity index is 831. The predicted molar refractivity (Wildman–Crippen MR) is 88.1 cm³/mol. The quantitative estimate of drug-likeness (QED) is 0.824. The molecule has 1 aliphatic heterocycles. The maximum absolute atomic E-state index is 14.1. The molecule has 0 atom stereocenters. The van der Waals surface area contributed by atoms with Crippen molar-refractivity contribution in [1.82, 2.24) is 9.29 Å². The van der Waals surface area contributed by atoms with Crippen LogP contribution < -0.4 is 9.64 Å². The lowest BCUT2D eigenvalue weighted by Crippen LogP contribution is -2.49. The maximum atomic E-state index is 14.1. The van der Waals surface area contributed by atoms with E-state index in [2.05, 4.69) is 4.98 Å². The molecule has 1 fully saturated rings. The molecule has 0 unspecified atom stereocenters. The molecule has 3 rings (SSSR count). The van der Waals surface area contributed by atoms with E-state index in [4.69, 9.17) is 4.74 Å². The molecule has 0 radical (unpaired) electrons. The van der Waals surface area contributed by atoms with Gasteiger partial charge in [-0.2, -0.15) is 4.31 Å². The standard InChI is InChI=1S/C16H17F2N3O3S/c1-24-12-10-13(17)16(14(18)11-12)25(22,23)21-8-6-20(7-9-21)15-4-2-3-5-19-15/h2-5,10-11H,6-9H2,1H3. The largest absolute Gasteiger partial charge is 0.497 e. The van der Waals surface area contributed by atoms with Gasteiger partial charge in [0.05, 0.1) is 7.11 Å². The molecule has 0 N–H and O–H groups in total. The van der Waals surface area contributed by atoms with E-state index < -0.39 is 26.6 Å². The summed E-state index contributed by atoms with van der Waals surface area (Å²) in [6, 6.07) is 7.18. The first kappa shape index (κ1) is 17.6. The van der Waals surface area contributed by atoms with Crippen LogP contribution in [0.4, 0.5) is 14.6 Å². The molecule has 1 saturated heterocycles. The van der Waals surface area contributed by atoms with Crippen molar-refractivity contribution in [2.75, 3.05) is 38.2 Å². The van der Waals surface area contributed by atoms with E-state index in [1.165, 1.54) is 7.11 Å². The van der Waals surface area contributed by atoms with Gasteiger partial charge in [0, 0.05) is 44.5 Å². The molecule has 2 heterocycles. The van der Waals surface area contributed by atoms with E-state index in [1.54, 1.807) is 12.3 Å². The number of ether oxygens (including phenoxy) is 1. The number of methoxy groups -OCH3 is 1. The molecular formula is C16H17F2N3O3S. The van der Waals surface area contributed by atoms with Crippen LogP contribution in [-0.4, -0.2) is 51.0 Å². The molecule has 1 aromatic heterocycles. The summed E-state index contributed by atoms with van der Waals surface area (Å²) in [5, 5.41) is 0. The summed E-state index contributed by atoms with van der Waals surface area (Å²) in [6.07, 6.45) is 1.65. The second kappa shape index (κ2) is 6.93. The van der Waals surface area contributed by atoms with Crippen LogP contribution in [0.5, 0.6) is 5.75 Å². The minimum atomic E-state index is -4.27. The topological polar surface area (TPSA) is 62.7 Å². The molecule has 0 spiro atoms. The molecule has 0 amide bonds. The number of pyridine rings is 1. The van der Waals surface area contributed by atoms with E-state index in [9.17, 15) is 17.2 Å². The zero-order valence-electron chi connectivity index (χ0n) is 13.5. The molecule has 0 saturated carbocycles. The van der Waals surface area contributed by atoms with Crippen molar-refractivity contribution in [2.24, 2.45) is 0 Å². The van der Waals surface area contributed by atoms with E-state index in [0.29, 0.717) is 13.1 Å². The van der Waals surface area contributed by atoms with E-state index >= 15 is 0 Å². The van der Waals surface area contributed by atoms with Gasteiger partial charge in [0.1, 0.15) is 23.2 Å². The third-order valence-electron chi connectivity index (χ3n) is 4.02. The first-order chi connectivity index (χ1) is 11.9. The molecule has 9 heteroatoms. The number of hydrogen-bond acceptors (Lipinski definition) is 5. The van der Waals surface area contributed by atoms with Gasteiger partial charge in [-0.15, -0.1) is 0 Å². The van der Waals surface area contributed by atoms with Crippen LogP contribution in [0.3, 0.4) is 0 Å². The Balaban J connectivity index is 1.81. The monoisotopic (exact) mass is 369 g/mol. The fourth-order valence-corrected chi connectivity index (χ4v) is 4.24. The van der Waals surface area contributed by atoms with E-state index in [0.717, 1.165) is 22.3 Å². The summed E-state index contributed by atoms with van der Waals surface area (Å²) in [4.78, 5) is 5.20. The molecule has 0 bridgehead atoms. The van der Waals surface area contributed by atoms with Gasteiger partial charge in [-0.1, -0.05) is 6.07 Å². The highest BCUT2D eigenvalue weighted by Gasteiger charge is 2.33. The molecule has 0 aliphatic carbocycles. The van der Waals surface area contributed by atoms with E-state index in [1.807, 2.05) is 17.0 Å². The fraction of sp³-hybridized carbons (Fsp3) is 0.312. The molecule has 134 valence electrons. The van der Waals surface area contributed by atoms with Gasteiger partial charge in [0.25, 0.3) is 0 Å². The molecule has 1 aliphatic rings. The van der Waals surface area contributed by atoms with Crippen molar-refractivity contribution >= 4 is 15.8 Å². The van der Waals surface area contributed by atoms with Crippen molar-refractivity contribution in [3.8, 4) is 5.75 Å². The third kappa shape index (κ3) is 3.42. The predicted octanol–water partition coefficient (Wildman–Crippen LogP) is 1.88. The van der Waals surface area contributed by atoms with Crippen LogP contribution in [0.15, 0.2) is 41.4 Å². The third-order valence-corrected chi connectivity index (χ3v) is 5.97. The van der Waals surface area contributed by atoms with Crippen molar-refractivity contribution in [3.05, 3.63) is 48.2 Å². The zero-order chi connectivity index (χ0) is 18.0. The number of piperazine rings is 1. The number of aromatic nitrogens is 1. The SMILES string of the molecule is COc1cc(F)c(S(=O)(=O)N2CCN(c3ccccn3)CC2)c(F)c1. The van der Waals surface area contributed by atoms with E-state index in [-0.39, 0.29) is 18.8 Å². The second-order valence-corrected chi connectivity index (χ2v) is 7.37. The number of halogens is 2. The van der Waals surface area contributed by atoms with Gasteiger partial charge < -0.3 is 9.64 Å². The van der Waals surface area contributed by atoms with Crippen LogP contribution >= 0.6 is 0 Å². The highest BCUT2D eigenvalue weighted by molar-refractivity contribution is 7.89. The maximum Gasteiger partial charge on any atom is 0.249 e. The summed E-state index contributed by atoms with van der Waals surface area (Å²) in [5.74, 6) is -1.66. The summed E-state index contributed by atoms with van der Waals surface area (Å²) in [6.45, 7) is 0.999. The summed E-state index contributed by atoms with van der Waals surface area (Å²) < 4.78 is 59.4. The number of nitrogens with zero attached hydrogens (tertiary/aromatic N) is 3. The lowest BCUT2D eigenvalue weighted by atomic mass is 10.3. The van der Waals surface area contributed by atoms with Crippen molar-refractivity contribution in [2.45, 2.75) is 4.90 Å². The Morgan fingerprint density at radius 1 is 1.08 bits per heavy atom. The van der Waals surface area contributed by atoms with Crippen LogP contribution in [0, 0.1) is 11.6 Å². The fourth-order valence-electron chi connectivity index (χ4n) is 2.73. The summed E-state index contributed by atoms with van der Waals surface area (Å²) in [5.41, 5.74) is 0. The first-order valence-electron chi connectivity index (χ1n) is 7.62. The number of benzene rings is 1. The smallest absolute Gasteiger partial charge is 0.249 e. The van der Waals surface area contributed by atoms with Gasteiger partial charge in [0.2, 0.25) is 10.0 Å². The Kier molecular flexibility index (Phi) is 4.87.